The second-order valence-electron chi connectivity index (χ2n) is 17.4. The molecule has 0 aromatic heterocycles. The Bertz CT molecular complexity index is 998. The zero-order valence-electron chi connectivity index (χ0n) is 26.2. The lowest BCUT2D eigenvalue weighted by molar-refractivity contribution is -0.390. The zero-order valence-corrected chi connectivity index (χ0v) is 26.2. The fraction of sp³-hybridized carbons (Fsp3) is 1.00. The van der Waals surface area contributed by atoms with E-state index in [0.717, 1.165) is 81.5 Å². The standard InChI is InChI=1S/C18H28O4.C17H26O4/c19-6-3-12-1-4-17(5-2-12)20-18(22-21-17)15-8-13-7-14(10-15)11-16(18)9-13;1-15(18)2-4-16(5-3-15)19-17(21-20-16)13-7-11-6-12(9-13)10-14(17)8-11/h12-16,19H,1-11H2;11-14,18H,2-10H2,1H3. The maximum Gasteiger partial charge on any atom is 0.210 e. The van der Waals surface area contributed by atoms with Gasteiger partial charge in [-0.2, -0.15) is 19.6 Å². The number of hydrogen-bond donors (Lipinski definition) is 2. The molecule has 12 rings (SSSR count). The van der Waals surface area contributed by atoms with Gasteiger partial charge in [-0.3, -0.25) is 0 Å². The molecule has 0 radical (unpaired) electrons. The maximum absolute atomic E-state index is 10.2. The molecular weight excluding hydrogens is 548 g/mol. The van der Waals surface area contributed by atoms with Crippen molar-refractivity contribution in [2.24, 2.45) is 53.3 Å². The van der Waals surface area contributed by atoms with Crippen LogP contribution in [0, 0.1) is 53.3 Å². The fourth-order valence-corrected chi connectivity index (χ4v) is 12.3. The van der Waals surface area contributed by atoms with Crippen LogP contribution in [-0.4, -0.2) is 45.6 Å². The van der Waals surface area contributed by atoms with Crippen molar-refractivity contribution >= 4 is 0 Å². The van der Waals surface area contributed by atoms with Crippen molar-refractivity contribution in [2.45, 2.75) is 158 Å². The minimum absolute atomic E-state index is 0.298. The molecule has 2 saturated heterocycles. The largest absolute Gasteiger partial charge is 0.396 e. The summed E-state index contributed by atoms with van der Waals surface area (Å²) >= 11 is 0. The normalized spacial score (nSPS) is 59.1. The highest BCUT2D eigenvalue weighted by Crippen LogP contribution is 2.65. The van der Waals surface area contributed by atoms with Crippen LogP contribution in [0.2, 0.25) is 0 Å². The third-order valence-corrected chi connectivity index (χ3v) is 14.4. The smallest absolute Gasteiger partial charge is 0.210 e. The molecule has 2 N–H and O–H groups in total. The monoisotopic (exact) mass is 602 g/mol. The van der Waals surface area contributed by atoms with Crippen molar-refractivity contribution in [2.75, 3.05) is 6.61 Å². The number of ether oxygens (including phenoxy) is 2. The molecule has 10 saturated carbocycles. The predicted molar refractivity (Wildman–Crippen MR) is 154 cm³/mol. The van der Waals surface area contributed by atoms with Crippen LogP contribution in [0.25, 0.3) is 0 Å². The lowest BCUT2D eigenvalue weighted by atomic mass is 9.53. The summed E-state index contributed by atoms with van der Waals surface area (Å²) in [5, 5.41) is 19.3. The van der Waals surface area contributed by atoms with Gasteiger partial charge in [0.05, 0.1) is 5.60 Å². The van der Waals surface area contributed by atoms with E-state index in [-0.39, 0.29) is 0 Å². The van der Waals surface area contributed by atoms with E-state index in [9.17, 15) is 5.11 Å². The predicted octanol–water partition coefficient (Wildman–Crippen LogP) is 6.52. The van der Waals surface area contributed by atoms with Crippen molar-refractivity contribution in [1.82, 2.24) is 0 Å². The average Bonchev–Trinajstić information content (AvgIpc) is 3.55. The first-order valence-corrected chi connectivity index (χ1v) is 18.2. The quantitative estimate of drug-likeness (QED) is 0.345. The Kier molecular flexibility index (Phi) is 6.77. The average molecular weight is 603 g/mol. The van der Waals surface area contributed by atoms with Crippen LogP contribution >= 0.6 is 0 Å². The highest BCUT2D eigenvalue weighted by atomic mass is 17.3. The van der Waals surface area contributed by atoms with Crippen molar-refractivity contribution in [3.8, 4) is 0 Å². The maximum atomic E-state index is 10.2. The Labute approximate surface area is 256 Å². The molecule has 242 valence electrons. The van der Waals surface area contributed by atoms with Crippen LogP contribution < -0.4 is 0 Å². The lowest BCUT2D eigenvalue weighted by Crippen LogP contribution is -2.59. The van der Waals surface area contributed by atoms with Crippen LogP contribution in [-0.2, 0) is 29.0 Å². The molecule has 10 aliphatic carbocycles. The van der Waals surface area contributed by atoms with Gasteiger partial charge >= 0.3 is 0 Å². The third-order valence-electron chi connectivity index (χ3n) is 14.4. The molecule has 8 nitrogen and oxygen atoms in total. The molecule has 0 aromatic rings. The Morgan fingerprint density at radius 1 is 0.535 bits per heavy atom. The molecule has 2 heterocycles. The van der Waals surface area contributed by atoms with Gasteiger partial charge in [0.15, 0.2) is 0 Å². The first-order chi connectivity index (χ1) is 20.7. The van der Waals surface area contributed by atoms with E-state index in [1.165, 1.54) is 64.2 Å². The summed E-state index contributed by atoms with van der Waals surface area (Å²) in [4.78, 5) is 23.7. The fourth-order valence-electron chi connectivity index (χ4n) is 12.3. The molecule has 12 fully saturated rings. The van der Waals surface area contributed by atoms with Crippen LogP contribution in [0.4, 0.5) is 0 Å². The van der Waals surface area contributed by atoms with E-state index >= 15 is 0 Å². The molecular formula is C35H54O8. The van der Waals surface area contributed by atoms with Crippen molar-refractivity contribution in [1.29, 1.82) is 0 Å². The summed E-state index contributed by atoms with van der Waals surface area (Å²) in [5.74, 6) is 4.45. The van der Waals surface area contributed by atoms with Crippen molar-refractivity contribution in [3.63, 3.8) is 0 Å². The third kappa shape index (κ3) is 4.66. The molecule has 0 amide bonds. The van der Waals surface area contributed by atoms with Crippen LogP contribution in [0.15, 0.2) is 0 Å². The highest BCUT2D eigenvalue weighted by Gasteiger charge is 2.68. The van der Waals surface area contributed by atoms with Gasteiger partial charge in [0.25, 0.3) is 0 Å². The first-order valence-electron chi connectivity index (χ1n) is 18.2. The van der Waals surface area contributed by atoms with Crippen LogP contribution in [0.1, 0.15) is 129 Å². The zero-order chi connectivity index (χ0) is 29.1. The Morgan fingerprint density at radius 2 is 0.930 bits per heavy atom. The van der Waals surface area contributed by atoms with Crippen LogP contribution in [0.3, 0.4) is 0 Å². The van der Waals surface area contributed by atoms with Gasteiger partial charge in [0, 0.05) is 56.0 Å². The van der Waals surface area contributed by atoms with Crippen molar-refractivity contribution < 1.29 is 39.2 Å². The topological polar surface area (TPSA) is 95.8 Å². The van der Waals surface area contributed by atoms with Gasteiger partial charge in [0.2, 0.25) is 23.1 Å². The summed E-state index contributed by atoms with van der Waals surface area (Å²) in [6.45, 7) is 2.21. The summed E-state index contributed by atoms with van der Waals surface area (Å²) in [6.07, 6.45) is 20.9. The summed E-state index contributed by atoms with van der Waals surface area (Å²) in [5.41, 5.74) is -0.572. The molecule has 4 spiro atoms. The second-order valence-corrected chi connectivity index (χ2v) is 17.4. The van der Waals surface area contributed by atoms with Crippen LogP contribution in [0.5, 0.6) is 0 Å². The van der Waals surface area contributed by atoms with E-state index in [0.29, 0.717) is 36.2 Å². The Hall–Kier alpha value is -0.320. The van der Waals surface area contributed by atoms with E-state index in [4.69, 9.17) is 34.1 Å². The molecule has 2 aliphatic heterocycles. The second kappa shape index (κ2) is 10.1. The van der Waals surface area contributed by atoms with Gasteiger partial charge in [-0.1, -0.05) is 0 Å². The lowest BCUT2D eigenvalue weighted by Gasteiger charge is -2.57. The minimum Gasteiger partial charge on any atom is -0.396 e. The number of rotatable bonds is 2. The Morgan fingerprint density at radius 3 is 1.33 bits per heavy atom. The molecule has 12 aliphatic rings. The number of aliphatic hydroxyl groups is 2. The van der Waals surface area contributed by atoms with Gasteiger partial charge in [-0.25, -0.2) is 0 Å². The van der Waals surface area contributed by atoms with E-state index < -0.39 is 28.7 Å². The molecule has 8 heteroatoms. The van der Waals surface area contributed by atoms with Gasteiger partial charge < -0.3 is 19.7 Å². The van der Waals surface area contributed by atoms with Crippen molar-refractivity contribution in [3.05, 3.63) is 0 Å². The van der Waals surface area contributed by atoms with Gasteiger partial charge in [0.1, 0.15) is 0 Å². The van der Waals surface area contributed by atoms with E-state index in [2.05, 4.69) is 0 Å². The molecule has 8 bridgehead atoms. The van der Waals surface area contributed by atoms with Gasteiger partial charge in [-0.05, 0) is 133 Å². The summed E-state index contributed by atoms with van der Waals surface area (Å²) in [7, 11) is 0. The van der Waals surface area contributed by atoms with E-state index in [1.807, 2.05) is 6.92 Å². The van der Waals surface area contributed by atoms with Gasteiger partial charge in [-0.15, -0.1) is 0 Å². The molecule has 43 heavy (non-hydrogen) atoms. The summed E-state index contributed by atoms with van der Waals surface area (Å²) in [6, 6.07) is 0. The minimum atomic E-state index is -0.586. The Balaban J connectivity index is 0.000000121. The molecule has 0 atom stereocenters. The first kappa shape index (κ1) is 28.9. The number of aliphatic hydroxyl groups excluding tert-OH is 1. The SMILES string of the molecule is CC1(O)CCC2(CC1)OOC1(O2)C2CC3CC(C2)CC1C3.OCCC1CCC2(CC1)OOC1(O2)C2CC3CC(C2)CC1C3. The number of hydrogen-bond acceptors (Lipinski definition) is 8. The van der Waals surface area contributed by atoms with E-state index in [1.54, 1.807) is 0 Å². The molecule has 0 aromatic carbocycles. The summed E-state index contributed by atoms with van der Waals surface area (Å²) < 4.78 is 13.3. The highest BCUT2D eigenvalue weighted by molar-refractivity contribution is 5.07. The molecule has 0 unspecified atom stereocenters.